The first-order valence-electron chi connectivity index (χ1n) is 3.43. The molecule has 0 aliphatic heterocycles. The van der Waals surface area contributed by atoms with Crippen molar-refractivity contribution in [2.45, 2.75) is 0 Å². The van der Waals surface area contributed by atoms with Gasteiger partial charge in [0.25, 0.3) is 0 Å². The smallest absolute Gasteiger partial charge is 0.131 e. The van der Waals surface area contributed by atoms with Crippen LogP contribution in [0.5, 0.6) is 5.75 Å². The fourth-order valence-electron chi connectivity index (χ4n) is 0.792. The highest BCUT2D eigenvalue weighted by Crippen LogP contribution is 2.12. The lowest BCUT2D eigenvalue weighted by Crippen LogP contribution is -3.00. The van der Waals surface area contributed by atoms with Crippen LogP contribution in [0.4, 0.5) is 10.1 Å². The van der Waals surface area contributed by atoms with Crippen LogP contribution in [0.25, 0.3) is 0 Å². The number of hydrogen-bond donors (Lipinski definition) is 1. The monoisotopic (exact) mass is 191 g/mol. The van der Waals surface area contributed by atoms with Gasteiger partial charge in [-0.1, -0.05) is 6.07 Å². The third-order valence-corrected chi connectivity index (χ3v) is 1.24. The van der Waals surface area contributed by atoms with Crippen molar-refractivity contribution < 1.29 is 27.3 Å². The van der Waals surface area contributed by atoms with E-state index in [4.69, 9.17) is 4.74 Å². The Morgan fingerprint density at radius 2 is 2.17 bits per heavy atom. The topological polar surface area (TPSA) is 36.9 Å². The molecule has 0 saturated heterocycles. The summed E-state index contributed by atoms with van der Waals surface area (Å²) in [5, 5.41) is 0. The van der Waals surface area contributed by atoms with Crippen LogP contribution in [0.1, 0.15) is 0 Å². The van der Waals surface area contributed by atoms with Crippen LogP contribution >= 0.6 is 0 Å². The highest BCUT2D eigenvalue weighted by molar-refractivity contribution is 5.36. The average molecular weight is 192 g/mol. The Hall–Kier alpha value is -0.800. The van der Waals surface area contributed by atoms with Gasteiger partial charge >= 0.3 is 0 Å². The number of halogens is 2. The number of benzene rings is 1. The quantitative estimate of drug-likeness (QED) is 0.585. The van der Waals surface area contributed by atoms with E-state index >= 15 is 0 Å². The van der Waals surface area contributed by atoms with Crippen LogP contribution in [0.3, 0.4) is 0 Å². The summed E-state index contributed by atoms with van der Waals surface area (Å²) in [7, 11) is 0. The van der Waals surface area contributed by atoms with Gasteiger partial charge in [0.1, 0.15) is 24.7 Å². The van der Waals surface area contributed by atoms with Crippen molar-refractivity contribution in [2.24, 2.45) is 0 Å². The molecule has 68 valence electrons. The fraction of sp³-hybridized carbons (Fsp3) is 0.250. The van der Waals surface area contributed by atoms with Gasteiger partial charge in [0, 0.05) is 6.07 Å². The highest BCUT2D eigenvalue weighted by Gasteiger charge is 1.94. The zero-order valence-corrected chi connectivity index (χ0v) is 7.35. The maximum Gasteiger partial charge on any atom is 0.131 e. The molecule has 1 aromatic rings. The van der Waals surface area contributed by atoms with Gasteiger partial charge in [0.2, 0.25) is 0 Å². The summed E-state index contributed by atoms with van der Waals surface area (Å²) >= 11 is 0. The Balaban J connectivity index is 0.00000121. The van der Waals surface area contributed by atoms with Crippen LogP contribution in [-0.2, 0) is 0 Å². The molecule has 12 heavy (non-hydrogen) atoms. The maximum atomic E-state index is 11.6. The van der Waals surface area contributed by atoms with Crippen molar-refractivity contribution >= 4 is 5.69 Å². The zero-order chi connectivity index (χ0) is 8.10. The molecule has 0 radical (unpaired) electrons. The Labute approximate surface area is 76.9 Å². The summed E-state index contributed by atoms with van der Waals surface area (Å²) in [5.74, 6) is 0.676. The molecule has 2 nitrogen and oxygen atoms in total. The van der Waals surface area contributed by atoms with Crippen molar-refractivity contribution in [2.75, 3.05) is 13.3 Å². The molecule has 0 aromatic heterocycles. The number of alkyl halides is 1. The average Bonchev–Trinajstić information content (AvgIpc) is 2.01. The summed E-state index contributed by atoms with van der Waals surface area (Å²) < 4.78 is 16.7. The molecule has 1 rings (SSSR count). The molecular weight excluding hydrogens is 181 g/mol. The molecule has 4 heteroatoms. The third kappa shape index (κ3) is 3.55. The van der Waals surface area contributed by atoms with Gasteiger partial charge in [0.15, 0.2) is 0 Å². The predicted molar refractivity (Wildman–Crippen MR) is 40.5 cm³/mol. The molecule has 0 aliphatic carbocycles. The number of rotatable bonds is 3. The molecule has 0 heterocycles. The van der Waals surface area contributed by atoms with E-state index in [1.165, 1.54) is 0 Å². The van der Waals surface area contributed by atoms with Gasteiger partial charge in [-0.2, -0.15) is 0 Å². The molecule has 0 unspecified atom stereocenters. The van der Waals surface area contributed by atoms with E-state index in [0.29, 0.717) is 5.75 Å². The summed E-state index contributed by atoms with van der Waals surface area (Å²) in [5.41, 5.74) is 4.59. The minimum atomic E-state index is -0.457. The number of ether oxygens (including phenoxy) is 1. The summed E-state index contributed by atoms with van der Waals surface area (Å²) in [6.07, 6.45) is 0. The fourth-order valence-corrected chi connectivity index (χ4v) is 0.792. The Bertz CT molecular complexity index is 232. The molecule has 0 bridgehead atoms. The molecule has 0 atom stereocenters. The first-order valence-corrected chi connectivity index (χ1v) is 3.43. The number of quaternary nitrogens is 1. The van der Waals surface area contributed by atoms with Crippen molar-refractivity contribution in [3.8, 4) is 5.75 Å². The third-order valence-electron chi connectivity index (χ3n) is 1.24. The van der Waals surface area contributed by atoms with E-state index in [0.717, 1.165) is 5.69 Å². The Morgan fingerprint density at radius 1 is 1.42 bits per heavy atom. The lowest BCUT2D eigenvalue weighted by Gasteiger charge is -2.01. The molecule has 0 amide bonds. The molecule has 3 N–H and O–H groups in total. The van der Waals surface area contributed by atoms with Gasteiger partial charge in [-0.05, 0) is 12.1 Å². The van der Waals surface area contributed by atoms with Crippen molar-refractivity contribution in [3.05, 3.63) is 24.3 Å². The SMILES string of the molecule is [Cl-].[NH3+]c1cccc(OCCF)c1. The lowest BCUT2D eigenvalue weighted by atomic mass is 10.3. The largest absolute Gasteiger partial charge is 1.00 e. The Kier molecular flexibility index (Phi) is 5.41. The van der Waals surface area contributed by atoms with E-state index in [2.05, 4.69) is 5.73 Å². The van der Waals surface area contributed by atoms with Crippen LogP contribution in [-0.4, -0.2) is 13.3 Å². The zero-order valence-electron chi connectivity index (χ0n) is 6.59. The van der Waals surface area contributed by atoms with Gasteiger partial charge in [-0.3, -0.25) is 0 Å². The predicted octanol–water partition coefficient (Wildman–Crippen LogP) is -2.09. The highest BCUT2D eigenvalue weighted by atomic mass is 35.5. The second kappa shape index (κ2) is 5.80. The molecule has 0 spiro atoms. The van der Waals surface area contributed by atoms with Crippen LogP contribution < -0.4 is 22.9 Å². The minimum Gasteiger partial charge on any atom is -1.00 e. The standard InChI is InChI=1S/C8H10FNO.ClH/c9-4-5-11-8-3-1-2-7(10)6-8;/h1-3,6H,4-5,10H2;1H. The molecule has 0 aliphatic rings. The molecule has 0 saturated carbocycles. The van der Waals surface area contributed by atoms with E-state index in [1.807, 2.05) is 12.1 Å². The Morgan fingerprint density at radius 3 is 2.75 bits per heavy atom. The molecule has 0 fully saturated rings. The minimum absolute atomic E-state index is 0. The van der Waals surface area contributed by atoms with Crippen molar-refractivity contribution in [3.63, 3.8) is 0 Å². The van der Waals surface area contributed by atoms with E-state index in [1.54, 1.807) is 12.1 Å². The summed E-state index contributed by atoms with van der Waals surface area (Å²) in [6.45, 7) is -0.342. The normalized spacial score (nSPS) is 8.83. The molecule has 1 aromatic carbocycles. The summed E-state index contributed by atoms with van der Waals surface area (Å²) in [4.78, 5) is 0. The summed E-state index contributed by atoms with van der Waals surface area (Å²) in [6, 6.07) is 7.25. The lowest BCUT2D eigenvalue weighted by molar-refractivity contribution is -0.254. The van der Waals surface area contributed by atoms with Crippen LogP contribution in [0, 0.1) is 0 Å². The van der Waals surface area contributed by atoms with Crippen molar-refractivity contribution in [1.29, 1.82) is 0 Å². The molecular formula is C8H11ClFNO. The first-order chi connectivity index (χ1) is 5.33. The van der Waals surface area contributed by atoms with Gasteiger partial charge in [0.05, 0.1) is 0 Å². The van der Waals surface area contributed by atoms with Crippen LogP contribution in [0.2, 0.25) is 0 Å². The van der Waals surface area contributed by atoms with Crippen molar-refractivity contribution in [1.82, 2.24) is 0 Å². The second-order valence-corrected chi connectivity index (χ2v) is 2.18. The van der Waals surface area contributed by atoms with Gasteiger partial charge < -0.3 is 22.9 Å². The van der Waals surface area contributed by atoms with E-state index in [9.17, 15) is 4.39 Å². The first kappa shape index (κ1) is 11.2. The van der Waals surface area contributed by atoms with E-state index in [-0.39, 0.29) is 19.0 Å². The second-order valence-electron chi connectivity index (χ2n) is 2.18. The van der Waals surface area contributed by atoms with Gasteiger partial charge in [-0.15, -0.1) is 0 Å². The van der Waals surface area contributed by atoms with Crippen LogP contribution in [0.15, 0.2) is 24.3 Å². The number of hydrogen-bond acceptors (Lipinski definition) is 1. The van der Waals surface area contributed by atoms with Gasteiger partial charge in [-0.25, -0.2) is 4.39 Å². The van der Waals surface area contributed by atoms with E-state index < -0.39 is 6.67 Å². The maximum absolute atomic E-state index is 11.6.